The van der Waals surface area contributed by atoms with Gasteiger partial charge in [-0.2, -0.15) is 0 Å². The highest BCUT2D eigenvalue weighted by atomic mass is 35.5. The molecule has 1 N–H and O–H groups in total. The van der Waals surface area contributed by atoms with Crippen LogP contribution in [-0.2, 0) is 20.9 Å². The molecular weight excluding hydrogens is 316 g/mol. The van der Waals surface area contributed by atoms with E-state index in [9.17, 15) is 14.4 Å². The van der Waals surface area contributed by atoms with Gasteiger partial charge in [-0.15, -0.1) is 0 Å². The van der Waals surface area contributed by atoms with E-state index in [-0.39, 0.29) is 36.1 Å². The number of carbonyl (C=O) groups is 3. The van der Waals surface area contributed by atoms with Gasteiger partial charge in [0.1, 0.15) is 6.54 Å². The van der Waals surface area contributed by atoms with E-state index >= 15 is 0 Å². The maximum absolute atomic E-state index is 12.3. The Hall–Kier alpha value is -1.88. The van der Waals surface area contributed by atoms with Crippen LogP contribution >= 0.6 is 11.6 Å². The van der Waals surface area contributed by atoms with Crippen LogP contribution in [0.1, 0.15) is 31.2 Å². The van der Waals surface area contributed by atoms with Gasteiger partial charge in [-0.3, -0.25) is 19.3 Å². The molecule has 2 unspecified atom stereocenters. The van der Waals surface area contributed by atoms with Gasteiger partial charge < -0.3 is 5.32 Å². The summed E-state index contributed by atoms with van der Waals surface area (Å²) in [6.07, 6.45) is 3.48. The van der Waals surface area contributed by atoms with Crippen LogP contribution < -0.4 is 5.32 Å². The lowest BCUT2D eigenvalue weighted by molar-refractivity contribution is -0.143. The number of likely N-dealkylation sites (tertiary alicyclic amines) is 1. The number of nitrogens with zero attached hydrogens (tertiary/aromatic N) is 1. The molecule has 0 aromatic heterocycles. The monoisotopic (exact) mass is 334 g/mol. The lowest BCUT2D eigenvalue weighted by atomic mass is 9.81. The van der Waals surface area contributed by atoms with Crippen LogP contribution in [-0.4, -0.2) is 29.2 Å². The molecule has 2 aliphatic rings. The van der Waals surface area contributed by atoms with E-state index < -0.39 is 0 Å². The van der Waals surface area contributed by atoms with Crippen LogP contribution in [0.2, 0.25) is 5.02 Å². The molecule has 0 radical (unpaired) electrons. The summed E-state index contributed by atoms with van der Waals surface area (Å²) in [4.78, 5) is 37.8. The average Bonchev–Trinajstić information content (AvgIpc) is 2.79. The largest absolute Gasteiger partial charge is 0.350 e. The summed E-state index contributed by atoms with van der Waals surface area (Å²) in [7, 11) is 0. The molecule has 1 heterocycles. The minimum atomic E-state index is -0.328. The fourth-order valence-corrected chi connectivity index (χ4v) is 3.65. The first-order valence-corrected chi connectivity index (χ1v) is 8.30. The highest BCUT2D eigenvalue weighted by Crippen LogP contribution is 2.37. The smallest absolute Gasteiger partial charge is 0.240 e. The third kappa shape index (κ3) is 3.39. The highest BCUT2D eigenvalue weighted by Gasteiger charge is 2.48. The topological polar surface area (TPSA) is 66.5 Å². The Bertz CT molecular complexity index is 622. The number of nitrogens with one attached hydrogen (secondary N) is 1. The lowest BCUT2D eigenvalue weighted by Crippen LogP contribution is -2.40. The van der Waals surface area contributed by atoms with Crippen molar-refractivity contribution in [3.63, 3.8) is 0 Å². The van der Waals surface area contributed by atoms with Crippen LogP contribution in [0.25, 0.3) is 0 Å². The molecule has 6 heteroatoms. The van der Waals surface area contributed by atoms with Crippen LogP contribution in [0.5, 0.6) is 0 Å². The summed E-state index contributed by atoms with van der Waals surface area (Å²) in [6, 6.07) is 7.19. The minimum Gasteiger partial charge on any atom is -0.350 e. The number of halogens is 1. The van der Waals surface area contributed by atoms with Crippen molar-refractivity contribution >= 4 is 29.3 Å². The molecule has 5 nitrogen and oxygen atoms in total. The van der Waals surface area contributed by atoms with E-state index in [4.69, 9.17) is 11.6 Å². The van der Waals surface area contributed by atoms with Crippen LogP contribution in [0, 0.1) is 11.8 Å². The van der Waals surface area contributed by atoms with Gasteiger partial charge in [-0.1, -0.05) is 36.6 Å². The molecule has 3 amide bonds. The van der Waals surface area contributed by atoms with Crippen molar-refractivity contribution in [2.45, 2.75) is 32.2 Å². The van der Waals surface area contributed by atoms with Crippen molar-refractivity contribution in [3.8, 4) is 0 Å². The van der Waals surface area contributed by atoms with Gasteiger partial charge in [0.05, 0.1) is 11.8 Å². The van der Waals surface area contributed by atoms with Gasteiger partial charge in [0.2, 0.25) is 17.7 Å². The molecule has 3 rings (SSSR count). The van der Waals surface area contributed by atoms with Gasteiger partial charge in [0, 0.05) is 11.6 Å². The number of imide groups is 1. The Morgan fingerprint density at radius 1 is 1.17 bits per heavy atom. The van der Waals surface area contributed by atoms with Crippen LogP contribution in [0.15, 0.2) is 24.3 Å². The number of hydrogen-bond acceptors (Lipinski definition) is 3. The van der Waals surface area contributed by atoms with Gasteiger partial charge in [-0.25, -0.2) is 0 Å². The highest BCUT2D eigenvalue weighted by molar-refractivity contribution is 6.30. The first-order chi connectivity index (χ1) is 11.1. The van der Waals surface area contributed by atoms with E-state index in [1.165, 1.54) is 0 Å². The molecular formula is C17H19ClN2O3. The van der Waals surface area contributed by atoms with Gasteiger partial charge in [0.25, 0.3) is 0 Å². The quantitative estimate of drug-likeness (QED) is 0.858. The predicted molar refractivity (Wildman–Crippen MR) is 85.5 cm³/mol. The second-order valence-corrected chi connectivity index (χ2v) is 6.60. The third-order valence-corrected chi connectivity index (χ3v) is 4.85. The molecule has 23 heavy (non-hydrogen) atoms. The zero-order valence-electron chi connectivity index (χ0n) is 12.8. The summed E-state index contributed by atoms with van der Waals surface area (Å²) in [6.45, 7) is 0.133. The molecule has 1 saturated heterocycles. The first-order valence-electron chi connectivity index (χ1n) is 7.92. The summed E-state index contributed by atoms with van der Waals surface area (Å²) >= 11 is 5.90. The molecule has 1 aromatic rings. The second kappa shape index (κ2) is 6.71. The summed E-state index contributed by atoms with van der Waals surface area (Å²) in [5.74, 6) is -1.12. The van der Waals surface area contributed by atoms with Crippen molar-refractivity contribution in [3.05, 3.63) is 34.9 Å². The molecule has 1 aliphatic heterocycles. The number of rotatable bonds is 4. The normalized spacial score (nSPS) is 23.8. The summed E-state index contributed by atoms with van der Waals surface area (Å²) in [5, 5.41) is 3.33. The standard InChI is InChI=1S/C17H19ClN2O3/c18-12-5-3-4-11(8-12)9-19-15(21)10-20-16(22)13-6-1-2-7-14(13)17(20)23/h3-5,8,13-14H,1-2,6-7,9-10H2,(H,19,21). The van der Waals surface area contributed by atoms with Gasteiger partial charge in [0.15, 0.2) is 0 Å². The Kier molecular flexibility index (Phi) is 4.66. The van der Waals surface area contributed by atoms with Crippen molar-refractivity contribution < 1.29 is 14.4 Å². The van der Waals surface area contributed by atoms with Crippen molar-refractivity contribution in [2.75, 3.05) is 6.54 Å². The van der Waals surface area contributed by atoms with Gasteiger partial charge in [-0.05, 0) is 30.5 Å². The van der Waals surface area contributed by atoms with E-state index in [0.717, 1.165) is 36.1 Å². The average molecular weight is 335 g/mol. The Labute approximate surface area is 140 Å². The predicted octanol–water partition coefficient (Wildman–Crippen LogP) is 2.13. The maximum atomic E-state index is 12.3. The van der Waals surface area contributed by atoms with E-state index in [2.05, 4.69) is 5.32 Å². The van der Waals surface area contributed by atoms with Crippen molar-refractivity contribution in [1.29, 1.82) is 0 Å². The Balaban J connectivity index is 1.57. The number of amides is 3. The molecule has 2 atom stereocenters. The molecule has 0 bridgehead atoms. The zero-order chi connectivity index (χ0) is 16.4. The molecule has 1 aromatic carbocycles. The van der Waals surface area contributed by atoms with Crippen molar-refractivity contribution in [1.82, 2.24) is 10.2 Å². The zero-order valence-corrected chi connectivity index (χ0v) is 13.5. The molecule has 2 fully saturated rings. The van der Waals surface area contributed by atoms with Crippen LogP contribution in [0.3, 0.4) is 0 Å². The minimum absolute atomic E-state index is 0.183. The van der Waals surface area contributed by atoms with E-state index in [1.807, 2.05) is 12.1 Å². The number of hydrogen-bond donors (Lipinski definition) is 1. The van der Waals surface area contributed by atoms with Gasteiger partial charge >= 0.3 is 0 Å². The first kappa shape index (κ1) is 16.0. The summed E-state index contributed by atoms with van der Waals surface area (Å²) < 4.78 is 0. The van der Waals surface area contributed by atoms with E-state index in [1.54, 1.807) is 12.1 Å². The molecule has 1 aliphatic carbocycles. The molecule has 0 spiro atoms. The Morgan fingerprint density at radius 2 is 1.83 bits per heavy atom. The lowest BCUT2D eigenvalue weighted by Gasteiger charge is -2.19. The summed E-state index contributed by atoms with van der Waals surface area (Å²) in [5.41, 5.74) is 0.874. The van der Waals surface area contributed by atoms with Crippen LogP contribution in [0.4, 0.5) is 0 Å². The number of fused-ring (bicyclic) bond motifs is 1. The van der Waals surface area contributed by atoms with E-state index in [0.29, 0.717) is 11.6 Å². The molecule has 122 valence electrons. The fraction of sp³-hybridized carbons (Fsp3) is 0.471. The number of benzene rings is 1. The molecule has 1 saturated carbocycles. The second-order valence-electron chi connectivity index (χ2n) is 6.17. The fourth-order valence-electron chi connectivity index (χ4n) is 3.43. The van der Waals surface area contributed by atoms with Crippen molar-refractivity contribution in [2.24, 2.45) is 11.8 Å². The number of carbonyl (C=O) groups excluding carboxylic acids is 3. The Morgan fingerprint density at radius 3 is 2.43 bits per heavy atom. The maximum Gasteiger partial charge on any atom is 0.240 e. The third-order valence-electron chi connectivity index (χ3n) is 4.61. The SMILES string of the molecule is O=C(CN1C(=O)C2CCCCC2C1=O)NCc1cccc(Cl)c1.